The molecule has 0 amide bonds. The minimum absolute atomic E-state index is 0.256. The van der Waals surface area contributed by atoms with E-state index in [-0.39, 0.29) is 18.7 Å². The fourth-order valence-electron chi connectivity index (χ4n) is 2.97. The molecule has 9 heteroatoms. The molecule has 1 fully saturated rings. The normalized spacial score (nSPS) is 19.4. The first-order valence-electron chi connectivity index (χ1n) is 7.83. The molecule has 2 aromatic rings. The summed E-state index contributed by atoms with van der Waals surface area (Å²) in [5, 5.41) is 4.22. The molecule has 8 nitrogen and oxygen atoms in total. The van der Waals surface area contributed by atoms with Crippen molar-refractivity contribution in [2.24, 2.45) is 7.05 Å². The van der Waals surface area contributed by atoms with Crippen LogP contribution in [0.1, 0.15) is 24.2 Å². The fourth-order valence-corrected chi connectivity index (χ4v) is 4.88. The van der Waals surface area contributed by atoms with Gasteiger partial charge in [0.2, 0.25) is 10.0 Å². The first-order chi connectivity index (χ1) is 11.4. The van der Waals surface area contributed by atoms with Crippen molar-refractivity contribution in [3.05, 3.63) is 29.8 Å². The van der Waals surface area contributed by atoms with Gasteiger partial charge in [0.1, 0.15) is 11.0 Å². The lowest BCUT2D eigenvalue weighted by Crippen LogP contribution is -2.44. The second-order valence-electron chi connectivity index (χ2n) is 5.90. The molecule has 130 valence electrons. The average molecular weight is 351 g/mol. The summed E-state index contributed by atoms with van der Waals surface area (Å²) in [7, 11) is -1.85. The maximum atomic E-state index is 13.0. The molecular formula is C15H21N5O3S. The van der Waals surface area contributed by atoms with Crippen LogP contribution < -0.4 is 4.74 Å². The van der Waals surface area contributed by atoms with Gasteiger partial charge in [-0.05, 0) is 32.8 Å². The van der Waals surface area contributed by atoms with E-state index < -0.39 is 10.0 Å². The van der Waals surface area contributed by atoms with Crippen molar-refractivity contribution in [1.82, 2.24) is 24.1 Å². The fraction of sp³-hybridized carbons (Fsp3) is 0.533. The molecule has 0 bridgehead atoms. The maximum Gasteiger partial charge on any atom is 0.316 e. The third kappa shape index (κ3) is 3.13. The molecule has 24 heavy (non-hydrogen) atoms. The zero-order valence-electron chi connectivity index (χ0n) is 14.0. The molecule has 1 saturated heterocycles. The molecule has 1 aliphatic heterocycles. The van der Waals surface area contributed by atoms with Gasteiger partial charge in [0, 0.05) is 26.0 Å². The second kappa shape index (κ2) is 6.48. The van der Waals surface area contributed by atoms with Gasteiger partial charge in [-0.3, -0.25) is 4.68 Å². The Morgan fingerprint density at radius 3 is 2.58 bits per heavy atom. The summed E-state index contributed by atoms with van der Waals surface area (Å²) in [5.74, 6) is 0. The summed E-state index contributed by atoms with van der Waals surface area (Å²) in [5.41, 5.74) is 1.16. The van der Waals surface area contributed by atoms with E-state index >= 15 is 0 Å². The van der Waals surface area contributed by atoms with Gasteiger partial charge in [-0.25, -0.2) is 18.4 Å². The SMILES string of the molecule is Cc1nn(C)c(C)c1S(=O)(=O)N1CCCC(Oc2ncccn2)C1. The Morgan fingerprint density at radius 2 is 1.96 bits per heavy atom. The highest BCUT2D eigenvalue weighted by Crippen LogP contribution is 2.26. The molecule has 3 rings (SSSR count). The van der Waals surface area contributed by atoms with Crippen LogP contribution in [0.5, 0.6) is 6.01 Å². The molecule has 3 heterocycles. The van der Waals surface area contributed by atoms with E-state index in [1.54, 1.807) is 44.0 Å². The van der Waals surface area contributed by atoms with Crippen LogP contribution >= 0.6 is 0 Å². The number of nitrogens with zero attached hydrogens (tertiary/aromatic N) is 5. The first-order valence-corrected chi connectivity index (χ1v) is 9.27. The van der Waals surface area contributed by atoms with Crippen LogP contribution in [0, 0.1) is 13.8 Å². The van der Waals surface area contributed by atoms with E-state index in [1.807, 2.05) is 0 Å². The number of piperidine rings is 1. The lowest BCUT2D eigenvalue weighted by atomic mass is 10.1. The van der Waals surface area contributed by atoms with Gasteiger partial charge in [-0.1, -0.05) is 0 Å². The van der Waals surface area contributed by atoms with E-state index in [0.29, 0.717) is 22.8 Å². The molecule has 0 spiro atoms. The standard InChI is InChI=1S/C15H21N5O3S/c1-11-14(12(2)19(3)18-11)24(21,22)20-9-4-6-13(10-20)23-15-16-7-5-8-17-15/h5,7-8,13H,4,6,9-10H2,1-3H3. The summed E-state index contributed by atoms with van der Waals surface area (Å²) >= 11 is 0. The van der Waals surface area contributed by atoms with E-state index in [9.17, 15) is 8.42 Å². The third-order valence-corrected chi connectivity index (χ3v) is 6.31. The predicted octanol–water partition coefficient (Wildman–Crippen LogP) is 1.06. The van der Waals surface area contributed by atoms with Gasteiger partial charge in [0.25, 0.3) is 0 Å². The summed E-state index contributed by atoms with van der Waals surface area (Å²) in [4.78, 5) is 8.36. The summed E-state index contributed by atoms with van der Waals surface area (Å²) < 4.78 is 34.9. The molecule has 1 atom stereocenters. The van der Waals surface area contributed by atoms with Crippen molar-refractivity contribution in [1.29, 1.82) is 0 Å². The number of aromatic nitrogens is 4. The van der Waals surface area contributed by atoms with Crippen molar-refractivity contribution in [2.75, 3.05) is 13.1 Å². The zero-order valence-corrected chi connectivity index (χ0v) is 14.8. The third-order valence-electron chi connectivity index (χ3n) is 4.20. The van der Waals surface area contributed by atoms with Gasteiger partial charge in [-0.2, -0.15) is 9.40 Å². The maximum absolute atomic E-state index is 13.0. The van der Waals surface area contributed by atoms with Gasteiger partial charge in [-0.15, -0.1) is 0 Å². The first kappa shape index (κ1) is 16.8. The quantitative estimate of drug-likeness (QED) is 0.818. The zero-order chi connectivity index (χ0) is 17.3. The van der Waals surface area contributed by atoms with E-state index in [4.69, 9.17) is 4.74 Å². The Bertz CT molecular complexity index is 819. The van der Waals surface area contributed by atoms with Crippen molar-refractivity contribution in [3.63, 3.8) is 0 Å². The van der Waals surface area contributed by atoms with Crippen LogP contribution in [0.3, 0.4) is 0 Å². The van der Waals surface area contributed by atoms with Gasteiger partial charge in [0.15, 0.2) is 0 Å². The van der Waals surface area contributed by atoms with Crippen molar-refractivity contribution in [3.8, 4) is 6.01 Å². The summed E-state index contributed by atoms with van der Waals surface area (Å²) in [6, 6.07) is 1.98. The molecule has 0 N–H and O–H groups in total. The molecule has 1 aliphatic rings. The van der Waals surface area contributed by atoms with E-state index in [2.05, 4.69) is 15.1 Å². The Balaban J connectivity index is 1.81. The predicted molar refractivity (Wildman–Crippen MR) is 87.1 cm³/mol. The van der Waals surface area contributed by atoms with Crippen molar-refractivity contribution >= 4 is 10.0 Å². The number of rotatable bonds is 4. The minimum atomic E-state index is -3.60. The Kier molecular flexibility index (Phi) is 4.55. The summed E-state index contributed by atoms with van der Waals surface area (Å²) in [6.07, 6.45) is 4.45. The van der Waals surface area contributed by atoms with Crippen LogP contribution in [0.4, 0.5) is 0 Å². The van der Waals surface area contributed by atoms with Crippen LogP contribution in [-0.2, 0) is 17.1 Å². The minimum Gasteiger partial charge on any atom is -0.459 e. The lowest BCUT2D eigenvalue weighted by molar-refractivity contribution is 0.119. The van der Waals surface area contributed by atoms with Crippen LogP contribution in [0.15, 0.2) is 23.4 Å². The Hall–Kier alpha value is -2.00. The second-order valence-corrected chi connectivity index (χ2v) is 7.77. The number of aryl methyl sites for hydroxylation is 2. The lowest BCUT2D eigenvalue weighted by Gasteiger charge is -2.31. The number of sulfonamides is 1. The smallest absolute Gasteiger partial charge is 0.316 e. The highest BCUT2D eigenvalue weighted by Gasteiger charge is 2.35. The summed E-state index contributed by atoms with van der Waals surface area (Å²) in [6.45, 7) is 4.25. The number of hydrogen-bond donors (Lipinski definition) is 0. The van der Waals surface area contributed by atoms with Crippen LogP contribution in [0.25, 0.3) is 0 Å². The van der Waals surface area contributed by atoms with Crippen molar-refractivity contribution in [2.45, 2.75) is 37.7 Å². The van der Waals surface area contributed by atoms with Gasteiger partial charge in [0.05, 0.1) is 17.9 Å². The van der Waals surface area contributed by atoms with Crippen molar-refractivity contribution < 1.29 is 13.2 Å². The van der Waals surface area contributed by atoms with Gasteiger partial charge >= 0.3 is 6.01 Å². The molecule has 1 unspecified atom stereocenters. The highest BCUT2D eigenvalue weighted by molar-refractivity contribution is 7.89. The molecule has 0 aliphatic carbocycles. The van der Waals surface area contributed by atoms with Gasteiger partial charge < -0.3 is 4.74 Å². The van der Waals surface area contributed by atoms with Crippen LogP contribution in [0.2, 0.25) is 0 Å². The van der Waals surface area contributed by atoms with Crippen LogP contribution in [-0.4, -0.2) is 51.7 Å². The molecule has 0 saturated carbocycles. The van der Waals surface area contributed by atoms with E-state index in [1.165, 1.54) is 4.31 Å². The molecule has 2 aromatic heterocycles. The number of hydrogen-bond acceptors (Lipinski definition) is 6. The molecular weight excluding hydrogens is 330 g/mol. The highest BCUT2D eigenvalue weighted by atomic mass is 32.2. The average Bonchev–Trinajstić information content (AvgIpc) is 2.81. The largest absolute Gasteiger partial charge is 0.459 e. The van der Waals surface area contributed by atoms with E-state index in [0.717, 1.165) is 12.8 Å². The topological polar surface area (TPSA) is 90.2 Å². The monoisotopic (exact) mass is 351 g/mol. The molecule has 0 aromatic carbocycles. The Labute approximate surface area is 141 Å². The molecule has 0 radical (unpaired) electrons. The Morgan fingerprint density at radius 1 is 1.25 bits per heavy atom. The number of ether oxygens (including phenoxy) is 1.